The Hall–Kier alpha value is -2.82. The highest BCUT2D eigenvalue weighted by molar-refractivity contribution is 8.27. The maximum atomic E-state index is 13.1. The largest absolute Gasteiger partial charge is 0.490 e. The second kappa shape index (κ2) is 10.6. The van der Waals surface area contributed by atoms with Gasteiger partial charge in [-0.15, -0.1) is 0 Å². The molecular formula is C24H27N3O5S2. The summed E-state index contributed by atoms with van der Waals surface area (Å²) in [7, 11) is 0. The van der Waals surface area contributed by atoms with Gasteiger partial charge in [0.25, 0.3) is 11.8 Å². The molecule has 0 radical (unpaired) electrons. The number of benzene rings is 1. The fraction of sp³-hybridized carbons (Fsp3) is 0.375. The Bertz CT molecular complexity index is 1120. The van der Waals surface area contributed by atoms with E-state index in [-0.39, 0.29) is 18.4 Å². The van der Waals surface area contributed by atoms with Crippen molar-refractivity contribution < 1.29 is 23.8 Å². The van der Waals surface area contributed by atoms with Crippen LogP contribution in [0.1, 0.15) is 23.9 Å². The molecule has 2 fully saturated rings. The second-order valence-electron chi connectivity index (χ2n) is 7.84. The van der Waals surface area contributed by atoms with Crippen molar-refractivity contribution in [3.8, 4) is 11.5 Å². The predicted molar refractivity (Wildman–Crippen MR) is 136 cm³/mol. The molecule has 4 rings (SSSR count). The molecule has 0 atom stereocenters. The monoisotopic (exact) mass is 501 g/mol. The van der Waals surface area contributed by atoms with Crippen molar-refractivity contribution in [1.82, 2.24) is 9.58 Å². The zero-order chi connectivity index (χ0) is 24.2. The molecule has 0 N–H and O–H groups in total. The topological polar surface area (TPSA) is 73.2 Å². The third-order valence-electron chi connectivity index (χ3n) is 5.49. The van der Waals surface area contributed by atoms with Gasteiger partial charge in [-0.1, -0.05) is 17.8 Å². The molecule has 2 aromatic rings. The van der Waals surface area contributed by atoms with Gasteiger partial charge in [-0.25, -0.2) is 0 Å². The number of rotatable bonds is 7. The number of thioether (sulfide) groups is 1. The molecular weight excluding hydrogens is 474 g/mol. The Morgan fingerprint density at radius 3 is 2.50 bits per heavy atom. The van der Waals surface area contributed by atoms with Crippen molar-refractivity contribution in [3.05, 3.63) is 52.2 Å². The maximum absolute atomic E-state index is 13.1. The van der Waals surface area contributed by atoms with Gasteiger partial charge in [0, 0.05) is 24.5 Å². The standard InChI is InChI=1S/C24H27N3O5S2/c1-4-31-20-13-18(7-8-19(20)32-15-22(28)25-9-11-30-12-10-25)14-21-23(29)27(24(33)34-21)26-16(2)5-6-17(26)3/h5-8,13-14H,4,9-12,15H2,1-3H3/b21-14-. The van der Waals surface area contributed by atoms with Gasteiger partial charge in [-0.2, -0.15) is 5.01 Å². The predicted octanol–water partition coefficient (Wildman–Crippen LogP) is 3.28. The van der Waals surface area contributed by atoms with Crippen molar-refractivity contribution in [2.45, 2.75) is 20.8 Å². The van der Waals surface area contributed by atoms with Crippen LogP contribution in [0.15, 0.2) is 35.2 Å². The number of carbonyl (C=O) groups is 2. The molecule has 2 amide bonds. The third-order valence-corrected chi connectivity index (χ3v) is 6.77. The first-order valence-electron chi connectivity index (χ1n) is 11.1. The second-order valence-corrected chi connectivity index (χ2v) is 9.52. The Morgan fingerprint density at radius 1 is 1.12 bits per heavy atom. The van der Waals surface area contributed by atoms with Crippen molar-refractivity contribution >= 4 is 46.2 Å². The molecule has 10 heteroatoms. The summed E-state index contributed by atoms with van der Waals surface area (Å²) < 4.78 is 19.1. The number of nitrogens with zero attached hydrogens (tertiary/aromatic N) is 3. The molecule has 8 nitrogen and oxygen atoms in total. The van der Waals surface area contributed by atoms with Gasteiger partial charge in [-0.05, 0) is 68.9 Å². The molecule has 0 spiro atoms. The van der Waals surface area contributed by atoms with Gasteiger partial charge in [0.1, 0.15) is 0 Å². The number of aryl methyl sites for hydroxylation is 2. The molecule has 2 saturated heterocycles. The number of thiocarbonyl (C=S) groups is 1. The summed E-state index contributed by atoms with van der Waals surface area (Å²) in [6.07, 6.45) is 1.79. The Labute approximate surface area is 208 Å². The fourth-order valence-corrected chi connectivity index (χ4v) is 5.05. The highest BCUT2D eigenvalue weighted by Gasteiger charge is 2.34. The normalized spacial score (nSPS) is 17.6. The minimum atomic E-state index is -0.174. The van der Waals surface area contributed by atoms with E-state index in [1.165, 1.54) is 16.8 Å². The number of ether oxygens (including phenoxy) is 3. The summed E-state index contributed by atoms with van der Waals surface area (Å²) in [5.74, 6) is 0.728. The molecule has 0 saturated carbocycles. The van der Waals surface area contributed by atoms with E-state index in [0.29, 0.717) is 53.6 Å². The van der Waals surface area contributed by atoms with Crippen molar-refractivity contribution in [2.75, 3.05) is 44.5 Å². The average molecular weight is 502 g/mol. The summed E-state index contributed by atoms with van der Waals surface area (Å²) in [6.45, 7) is 8.33. The number of amides is 2. The van der Waals surface area contributed by atoms with Crippen LogP contribution in [-0.4, -0.2) is 65.2 Å². The summed E-state index contributed by atoms with van der Waals surface area (Å²) in [5, 5.41) is 1.52. The highest BCUT2D eigenvalue weighted by atomic mass is 32.2. The minimum absolute atomic E-state index is 0.0757. The van der Waals surface area contributed by atoms with Crippen molar-refractivity contribution in [2.24, 2.45) is 0 Å². The zero-order valence-electron chi connectivity index (χ0n) is 19.4. The molecule has 1 aromatic carbocycles. The molecule has 34 heavy (non-hydrogen) atoms. The summed E-state index contributed by atoms with van der Waals surface area (Å²) >= 11 is 6.76. The van der Waals surface area contributed by atoms with Crippen molar-refractivity contribution in [1.29, 1.82) is 0 Å². The SMILES string of the molecule is CCOc1cc(/C=C2\SC(=S)N(n3c(C)ccc3C)C2=O)ccc1OCC(=O)N1CCOCC1. The van der Waals surface area contributed by atoms with Crippen LogP contribution >= 0.6 is 24.0 Å². The van der Waals surface area contributed by atoms with E-state index in [1.54, 1.807) is 23.1 Å². The maximum Gasteiger partial charge on any atom is 0.285 e. The van der Waals surface area contributed by atoms with Crippen LogP contribution in [0.25, 0.3) is 6.08 Å². The lowest BCUT2D eigenvalue weighted by molar-refractivity contribution is -0.137. The zero-order valence-corrected chi connectivity index (χ0v) is 21.0. The smallest absolute Gasteiger partial charge is 0.285 e. The molecule has 3 heterocycles. The van der Waals surface area contributed by atoms with Crippen LogP contribution in [0, 0.1) is 13.8 Å². The minimum Gasteiger partial charge on any atom is -0.490 e. The van der Waals surface area contributed by atoms with E-state index in [1.807, 2.05) is 43.6 Å². The highest BCUT2D eigenvalue weighted by Crippen LogP contribution is 2.35. The number of morpholine rings is 1. The van der Waals surface area contributed by atoms with Crippen LogP contribution in [0.5, 0.6) is 11.5 Å². The first-order chi connectivity index (χ1) is 16.4. The molecule has 0 unspecified atom stereocenters. The Morgan fingerprint density at radius 2 is 1.82 bits per heavy atom. The third kappa shape index (κ3) is 5.13. The van der Waals surface area contributed by atoms with Crippen LogP contribution < -0.4 is 14.5 Å². The average Bonchev–Trinajstić information content (AvgIpc) is 3.30. The van der Waals surface area contributed by atoms with Gasteiger partial charge in [0.2, 0.25) is 0 Å². The van der Waals surface area contributed by atoms with E-state index < -0.39 is 0 Å². The summed E-state index contributed by atoms with van der Waals surface area (Å²) in [5.41, 5.74) is 2.64. The van der Waals surface area contributed by atoms with Crippen molar-refractivity contribution in [3.63, 3.8) is 0 Å². The first kappa shape index (κ1) is 24.3. The van der Waals surface area contributed by atoms with E-state index in [9.17, 15) is 9.59 Å². The van der Waals surface area contributed by atoms with E-state index >= 15 is 0 Å². The number of hydrogen-bond acceptors (Lipinski definition) is 7. The number of aromatic nitrogens is 1. The van der Waals surface area contributed by atoms with Crippen LogP contribution in [0.2, 0.25) is 0 Å². The number of carbonyl (C=O) groups excluding carboxylic acids is 2. The van der Waals surface area contributed by atoms with Gasteiger partial charge in [0.05, 0.1) is 24.7 Å². The molecule has 180 valence electrons. The van der Waals surface area contributed by atoms with Crippen LogP contribution in [0.4, 0.5) is 0 Å². The fourth-order valence-electron chi connectivity index (χ4n) is 3.80. The summed E-state index contributed by atoms with van der Waals surface area (Å²) in [6, 6.07) is 9.29. The van der Waals surface area contributed by atoms with Gasteiger partial charge < -0.3 is 19.1 Å². The van der Waals surface area contributed by atoms with E-state index in [0.717, 1.165) is 17.0 Å². The van der Waals surface area contributed by atoms with Crippen LogP contribution in [-0.2, 0) is 14.3 Å². The van der Waals surface area contributed by atoms with Crippen LogP contribution in [0.3, 0.4) is 0 Å². The lowest BCUT2D eigenvalue weighted by Gasteiger charge is -2.26. The quantitative estimate of drug-likeness (QED) is 0.426. The molecule has 0 bridgehead atoms. The van der Waals surface area contributed by atoms with Gasteiger partial charge in [0.15, 0.2) is 22.4 Å². The number of hydrogen-bond donors (Lipinski definition) is 0. The first-order valence-corrected chi connectivity index (χ1v) is 12.3. The van der Waals surface area contributed by atoms with Gasteiger partial charge in [-0.3, -0.25) is 14.3 Å². The Balaban J connectivity index is 1.51. The lowest BCUT2D eigenvalue weighted by Crippen LogP contribution is -2.43. The van der Waals surface area contributed by atoms with Gasteiger partial charge >= 0.3 is 0 Å². The summed E-state index contributed by atoms with van der Waals surface area (Å²) in [4.78, 5) is 27.8. The van der Waals surface area contributed by atoms with E-state index in [4.69, 9.17) is 26.4 Å². The molecule has 2 aliphatic heterocycles. The molecule has 1 aromatic heterocycles. The molecule has 2 aliphatic rings. The molecule has 0 aliphatic carbocycles. The van der Waals surface area contributed by atoms with E-state index in [2.05, 4.69) is 0 Å². The lowest BCUT2D eigenvalue weighted by atomic mass is 10.2. The Kier molecular flexibility index (Phi) is 7.60.